The molecule has 5 nitrogen and oxygen atoms in total. The molecule has 0 aliphatic rings. The molecule has 0 atom stereocenters. The van der Waals surface area contributed by atoms with Crippen LogP contribution in [0.5, 0.6) is 0 Å². The standard InChI is InChI=1S/C19H24N2O3/c1-3-24-19(23)9-6-12-20-18(22)14-21(2)17-11-10-15-7-4-5-8-16(15)13-17/h4-5,7-8,10-11,13H,3,6,9,12,14H2,1-2H3,(H,20,22). The van der Waals surface area contributed by atoms with Crippen molar-refractivity contribution in [3.63, 3.8) is 0 Å². The van der Waals surface area contributed by atoms with Gasteiger partial charge in [-0.05, 0) is 36.2 Å². The van der Waals surface area contributed by atoms with Gasteiger partial charge in [-0.2, -0.15) is 0 Å². The molecular weight excluding hydrogens is 304 g/mol. The molecule has 1 N–H and O–H groups in total. The number of carbonyl (C=O) groups is 2. The van der Waals surface area contributed by atoms with Crippen LogP contribution >= 0.6 is 0 Å². The van der Waals surface area contributed by atoms with Crippen LogP contribution in [0.1, 0.15) is 19.8 Å². The second-order valence-electron chi connectivity index (χ2n) is 5.65. The molecule has 0 saturated carbocycles. The van der Waals surface area contributed by atoms with Gasteiger partial charge in [0.1, 0.15) is 0 Å². The van der Waals surface area contributed by atoms with E-state index in [4.69, 9.17) is 4.74 Å². The van der Waals surface area contributed by atoms with E-state index in [0.29, 0.717) is 26.0 Å². The van der Waals surface area contributed by atoms with Crippen molar-refractivity contribution in [1.29, 1.82) is 0 Å². The lowest BCUT2D eigenvalue weighted by Crippen LogP contribution is -2.35. The molecule has 0 unspecified atom stereocenters. The van der Waals surface area contributed by atoms with E-state index in [0.717, 1.165) is 11.1 Å². The average Bonchev–Trinajstić information content (AvgIpc) is 2.58. The second kappa shape index (κ2) is 8.91. The van der Waals surface area contributed by atoms with Crippen molar-refractivity contribution in [2.75, 3.05) is 31.6 Å². The SMILES string of the molecule is CCOC(=O)CCCNC(=O)CN(C)c1ccc2ccccc2c1. The molecule has 2 rings (SSSR count). The maximum Gasteiger partial charge on any atom is 0.305 e. The van der Waals surface area contributed by atoms with E-state index in [1.54, 1.807) is 6.92 Å². The molecule has 0 heterocycles. The normalized spacial score (nSPS) is 10.4. The number of benzene rings is 2. The molecular formula is C19H24N2O3. The summed E-state index contributed by atoms with van der Waals surface area (Å²) in [5, 5.41) is 5.16. The smallest absolute Gasteiger partial charge is 0.305 e. The fraction of sp³-hybridized carbons (Fsp3) is 0.368. The van der Waals surface area contributed by atoms with E-state index in [2.05, 4.69) is 29.6 Å². The van der Waals surface area contributed by atoms with Crippen molar-refractivity contribution >= 4 is 28.3 Å². The Balaban J connectivity index is 1.79. The first-order chi connectivity index (χ1) is 11.6. The number of hydrogen-bond acceptors (Lipinski definition) is 4. The Morgan fingerprint density at radius 3 is 2.62 bits per heavy atom. The number of nitrogens with zero attached hydrogens (tertiary/aromatic N) is 1. The summed E-state index contributed by atoms with van der Waals surface area (Å²) in [5.41, 5.74) is 0.996. The highest BCUT2D eigenvalue weighted by Crippen LogP contribution is 2.21. The number of amides is 1. The van der Waals surface area contributed by atoms with Crippen molar-refractivity contribution < 1.29 is 14.3 Å². The second-order valence-corrected chi connectivity index (χ2v) is 5.65. The molecule has 128 valence electrons. The molecule has 24 heavy (non-hydrogen) atoms. The van der Waals surface area contributed by atoms with E-state index >= 15 is 0 Å². The van der Waals surface area contributed by atoms with Crippen LogP contribution in [0.15, 0.2) is 42.5 Å². The molecule has 0 aromatic heterocycles. The number of carbonyl (C=O) groups excluding carboxylic acids is 2. The van der Waals surface area contributed by atoms with Crippen LogP contribution in [0.4, 0.5) is 5.69 Å². The van der Waals surface area contributed by atoms with Crippen molar-refractivity contribution in [1.82, 2.24) is 5.32 Å². The van der Waals surface area contributed by atoms with Crippen LogP contribution in [0.2, 0.25) is 0 Å². The van der Waals surface area contributed by atoms with Crippen molar-refractivity contribution in [3.8, 4) is 0 Å². The summed E-state index contributed by atoms with van der Waals surface area (Å²) >= 11 is 0. The van der Waals surface area contributed by atoms with Gasteiger partial charge in [-0.25, -0.2) is 0 Å². The highest BCUT2D eigenvalue weighted by Gasteiger charge is 2.08. The van der Waals surface area contributed by atoms with E-state index < -0.39 is 0 Å². The van der Waals surface area contributed by atoms with Crippen LogP contribution in [0.25, 0.3) is 10.8 Å². The van der Waals surface area contributed by atoms with Gasteiger partial charge < -0.3 is 15.0 Å². The maximum atomic E-state index is 12.0. The highest BCUT2D eigenvalue weighted by molar-refractivity contribution is 5.87. The Bertz CT molecular complexity index is 700. The Kier molecular flexibility index (Phi) is 6.61. The molecule has 0 spiro atoms. The van der Waals surface area contributed by atoms with Gasteiger partial charge in [0.15, 0.2) is 0 Å². The zero-order valence-electron chi connectivity index (χ0n) is 14.2. The number of ether oxygens (including phenoxy) is 1. The third kappa shape index (κ3) is 5.26. The summed E-state index contributed by atoms with van der Waals surface area (Å²) in [6, 6.07) is 14.3. The fourth-order valence-corrected chi connectivity index (χ4v) is 2.47. The van der Waals surface area contributed by atoms with Gasteiger partial charge in [0.25, 0.3) is 0 Å². The summed E-state index contributed by atoms with van der Waals surface area (Å²) < 4.78 is 4.85. The first kappa shape index (κ1) is 17.8. The van der Waals surface area contributed by atoms with Gasteiger partial charge in [-0.3, -0.25) is 9.59 Å². The molecule has 0 fully saturated rings. The number of anilines is 1. The van der Waals surface area contributed by atoms with Gasteiger partial charge in [0.2, 0.25) is 5.91 Å². The monoisotopic (exact) mass is 328 g/mol. The highest BCUT2D eigenvalue weighted by atomic mass is 16.5. The largest absolute Gasteiger partial charge is 0.466 e. The molecule has 0 aliphatic heterocycles. The number of hydrogen-bond donors (Lipinski definition) is 1. The lowest BCUT2D eigenvalue weighted by atomic mass is 10.1. The fourth-order valence-electron chi connectivity index (χ4n) is 2.47. The predicted octanol–water partition coefficient (Wildman–Crippen LogP) is 2.74. The molecule has 0 radical (unpaired) electrons. The minimum Gasteiger partial charge on any atom is -0.466 e. The molecule has 0 bridgehead atoms. The number of rotatable bonds is 8. The molecule has 5 heteroatoms. The maximum absolute atomic E-state index is 12.0. The van der Waals surface area contributed by atoms with Gasteiger partial charge in [-0.15, -0.1) is 0 Å². The topological polar surface area (TPSA) is 58.6 Å². The first-order valence-corrected chi connectivity index (χ1v) is 8.22. The molecule has 2 aromatic rings. The third-order valence-corrected chi connectivity index (χ3v) is 3.74. The molecule has 2 aromatic carbocycles. The third-order valence-electron chi connectivity index (χ3n) is 3.74. The lowest BCUT2D eigenvalue weighted by molar-refractivity contribution is -0.143. The summed E-state index contributed by atoms with van der Waals surface area (Å²) in [5.74, 6) is -0.283. The van der Waals surface area contributed by atoms with Gasteiger partial charge in [0.05, 0.1) is 13.2 Å². The van der Waals surface area contributed by atoms with E-state index in [-0.39, 0.29) is 18.4 Å². The number of nitrogens with one attached hydrogen (secondary N) is 1. The van der Waals surface area contributed by atoms with Crippen LogP contribution in [0, 0.1) is 0 Å². The van der Waals surface area contributed by atoms with E-state index in [1.165, 1.54) is 5.39 Å². The van der Waals surface area contributed by atoms with Crippen molar-refractivity contribution in [3.05, 3.63) is 42.5 Å². The summed E-state index contributed by atoms with van der Waals surface area (Å²) in [6.07, 6.45) is 0.916. The first-order valence-electron chi connectivity index (χ1n) is 8.22. The minimum absolute atomic E-state index is 0.0606. The molecule has 1 amide bonds. The Labute approximate surface area is 142 Å². The van der Waals surface area contributed by atoms with E-state index in [9.17, 15) is 9.59 Å². The van der Waals surface area contributed by atoms with E-state index in [1.807, 2.05) is 30.1 Å². The number of fused-ring (bicyclic) bond motifs is 1. The van der Waals surface area contributed by atoms with Gasteiger partial charge in [0, 0.05) is 25.7 Å². The summed E-state index contributed by atoms with van der Waals surface area (Å²) in [6.45, 7) is 2.92. The number of likely N-dealkylation sites (N-methyl/N-ethyl adjacent to an activating group) is 1. The summed E-state index contributed by atoms with van der Waals surface area (Å²) in [4.78, 5) is 25.1. The lowest BCUT2D eigenvalue weighted by Gasteiger charge is -2.19. The minimum atomic E-state index is -0.222. The van der Waals surface area contributed by atoms with Crippen LogP contribution < -0.4 is 10.2 Å². The van der Waals surface area contributed by atoms with Crippen LogP contribution in [-0.2, 0) is 14.3 Å². The predicted molar refractivity (Wildman–Crippen MR) is 96.1 cm³/mol. The quantitative estimate of drug-likeness (QED) is 0.598. The zero-order valence-corrected chi connectivity index (χ0v) is 14.2. The molecule has 0 aliphatic carbocycles. The summed E-state index contributed by atoms with van der Waals surface area (Å²) in [7, 11) is 1.89. The van der Waals surface area contributed by atoms with Crippen molar-refractivity contribution in [2.24, 2.45) is 0 Å². The van der Waals surface area contributed by atoms with Crippen molar-refractivity contribution in [2.45, 2.75) is 19.8 Å². The Morgan fingerprint density at radius 1 is 1.12 bits per heavy atom. The van der Waals surface area contributed by atoms with Crippen LogP contribution in [-0.4, -0.2) is 38.6 Å². The zero-order chi connectivity index (χ0) is 17.4. The molecule has 0 saturated heterocycles. The average molecular weight is 328 g/mol. The Morgan fingerprint density at radius 2 is 1.88 bits per heavy atom. The van der Waals surface area contributed by atoms with Crippen LogP contribution in [0.3, 0.4) is 0 Å². The Hall–Kier alpha value is -2.56. The number of esters is 1. The van der Waals surface area contributed by atoms with Gasteiger partial charge >= 0.3 is 5.97 Å². The van der Waals surface area contributed by atoms with Gasteiger partial charge in [-0.1, -0.05) is 30.3 Å².